The van der Waals surface area contributed by atoms with Gasteiger partial charge in [-0.3, -0.25) is 4.57 Å². The van der Waals surface area contributed by atoms with Crippen molar-refractivity contribution in [2.24, 2.45) is 0 Å². The first kappa shape index (κ1) is 17.6. The van der Waals surface area contributed by atoms with E-state index in [1.807, 2.05) is 0 Å². The Kier molecular flexibility index (Phi) is 5.79. The smallest absolute Gasteiger partial charge is 0.790 e. The molecule has 0 fully saturated rings. The third kappa shape index (κ3) is 3.44. The molecule has 1 heterocycles. The topological polar surface area (TPSA) is 84.0 Å². The van der Waals surface area contributed by atoms with E-state index in [0.717, 1.165) is 0 Å². The Bertz CT molecular complexity index is 803. The summed E-state index contributed by atoms with van der Waals surface area (Å²) in [5.74, 6) is 0. The molecular weight excluding hydrogens is 324 g/mol. The fourth-order valence-electron chi connectivity index (χ4n) is 2.09. The van der Waals surface area contributed by atoms with Gasteiger partial charge in [0.15, 0.2) is 5.57 Å². The molecule has 3 aromatic rings. The van der Waals surface area contributed by atoms with Gasteiger partial charge < -0.3 is 15.2 Å². The molecule has 3 rings (SSSR count). The van der Waals surface area contributed by atoms with Crippen molar-refractivity contribution in [3.63, 3.8) is 0 Å². The number of imidazole rings is 1. The molecule has 0 bridgehead atoms. The van der Waals surface area contributed by atoms with Gasteiger partial charge in [-0.25, -0.2) is 4.98 Å². The van der Waals surface area contributed by atoms with E-state index in [0.29, 0.717) is 11.4 Å². The number of hydrogen-bond donors (Lipinski definition) is 1. The summed E-state index contributed by atoms with van der Waals surface area (Å²) in [5.41, 5.74) is 6.98. The molecule has 0 saturated heterocycles. The summed E-state index contributed by atoms with van der Waals surface area (Å²) in [5, 5.41) is 0.243. The minimum atomic E-state index is -3.99. The fraction of sp³-hybridized carbons (Fsp3) is 0. The zero-order chi connectivity index (χ0) is 14.9. The Morgan fingerprint density at radius 2 is 1.68 bits per heavy atom. The number of nitrogen functional groups attached to an aromatic ring is 1. The van der Waals surface area contributed by atoms with Crippen molar-refractivity contribution < 1.29 is 60.8 Å². The molecule has 0 saturated carbocycles. The van der Waals surface area contributed by atoms with Gasteiger partial charge in [0.2, 0.25) is 0 Å². The first-order chi connectivity index (χ1) is 10.1. The predicted molar refractivity (Wildman–Crippen MR) is 81.3 cm³/mol. The average molecular weight is 337 g/mol. The molecule has 2 N–H and O–H groups in total. The second-order valence-electron chi connectivity index (χ2n) is 4.58. The van der Waals surface area contributed by atoms with Gasteiger partial charge in [0, 0.05) is 29.1 Å². The molecule has 1 atom stereocenters. The van der Waals surface area contributed by atoms with Gasteiger partial charge in [-0.1, -0.05) is 30.3 Å². The molecule has 1 aromatic heterocycles. The van der Waals surface area contributed by atoms with Crippen LogP contribution in [0.15, 0.2) is 67.0 Å². The SMILES string of the molecule is Nc1ccc(-n2ccnc2P(=O)([O-])c2ccccc2)cc1.[K+]. The number of nitrogens with zero attached hydrogens (tertiary/aromatic N) is 2. The van der Waals surface area contributed by atoms with Gasteiger partial charge in [-0.2, -0.15) is 0 Å². The van der Waals surface area contributed by atoms with Crippen LogP contribution in [0.3, 0.4) is 0 Å². The van der Waals surface area contributed by atoms with Gasteiger partial charge in [0.05, 0.1) is 0 Å². The second-order valence-corrected chi connectivity index (χ2v) is 6.60. The average Bonchev–Trinajstić information content (AvgIpc) is 2.99. The summed E-state index contributed by atoms with van der Waals surface area (Å²) < 4.78 is 14.2. The van der Waals surface area contributed by atoms with Crippen LogP contribution in [0.1, 0.15) is 0 Å². The van der Waals surface area contributed by atoms with Crippen molar-refractivity contribution in [1.82, 2.24) is 9.55 Å². The summed E-state index contributed by atoms with van der Waals surface area (Å²) in [7, 11) is -3.99. The quantitative estimate of drug-likeness (QED) is 0.342. The first-order valence-electron chi connectivity index (χ1n) is 6.35. The van der Waals surface area contributed by atoms with E-state index in [9.17, 15) is 9.46 Å². The Morgan fingerprint density at radius 3 is 2.32 bits per heavy atom. The molecular formula is C15H13KN3O2P. The van der Waals surface area contributed by atoms with Crippen LogP contribution in [-0.2, 0) is 4.57 Å². The van der Waals surface area contributed by atoms with Gasteiger partial charge >= 0.3 is 51.4 Å². The molecule has 0 amide bonds. The fourth-order valence-corrected chi connectivity index (χ4v) is 3.57. The van der Waals surface area contributed by atoms with E-state index < -0.39 is 7.37 Å². The molecule has 2 aromatic carbocycles. The van der Waals surface area contributed by atoms with Crippen molar-refractivity contribution in [1.29, 1.82) is 0 Å². The zero-order valence-electron chi connectivity index (χ0n) is 12.1. The van der Waals surface area contributed by atoms with Crippen molar-refractivity contribution in [2.75, 3.05) is 5.73 Å². The maximum absolute atomic E-state index is 12.7. The largest absolute Gasteiger partial charge is 1.00 e. The molecule has 0 spiro atoms. The summed E-state index contributed by atoms with van der Waals surface area (Å²) >= 11 is 0. The van der Waals surface area contributed by atoms with Gasteiger partial charge in [-0.15, -0.1) is 0 Å². The molecule has 22 heavy (non-hydrogen) atoms. The predicted octanol–water partition coefficient (Wildman–Crippen LogP) is -1.95. The third-order valence-corrected chi connectivity index (χ3v) is 4.99. The number of rotatable bonds is 3. The minimum Gasteiger partial charge on any atom is -0.790 e. The van der Waals surface area contributed by atoms with E-state index in [2.05, 4.69) is 4.98 Å². The Labute approximate surface area is 171 Å². The van der Waals surface area contributed by atoms with E-state index in [1.165, 1.54) is 6.20 Å². The van der Waals surface area contributed by atoms with E-state index in [4.69, 9.17) is 5.73 Å². The summed E-state index contributed by atoms with van der Waals surface area (Å²) in [6, 6.07) is 15.2. The molecule has 1 unspecified atom stereocenters. The maximum atomic E-state index is 12.7. The number of benzene rings is 2. The van der Waals surface area contributed by atoms with Gasteiger partial charge in [-0.05, 0) is 24.3 Å². The summed E-state index contributed by atoms with van der Waals surface area (Å²) in [6.07, 6.45) is 3.09. The summed E-state index contributed by atoms with van der Waals surface area (Å²) in [4.78, 5) is 16.7. The molecule has 0 radical (unpaired) electrons. The van der Waals surface area contributed by atoms with E-state index >= 15 is 0 Å². The first-order valence-corrected chi connectivity index (χ1v) is 7.98. The molecule has 0 aliphatic heterocycles. The molecule has 7 heteroatoms. The van der Waals surface area contributed by atoms with Crippen molar-refractivity contribution >= 4 is 23.9 Å². The standard InChI is InChI=1S/C15H14N3O2P.K/c16-12-6-8-13(9-7-12)18-11-10-17-15(18)21(19,20)14-4-2-1-3-5-14;/h1-11H,16H2,(H,19,20);/q;+1/p-1. The van der Waals surface area contributed by atoms with Crippen LogP contribution in [0.25, 0.3) is 5.69 Å². The van der Waals surface area contributed by atoms with Crippen molar-refractivity contribution in [3.05, 3.63) is 67.0 Å². The maximum Gasteiger partial charge on any atom is 1.00 e. The zero-order valence-corrected chi connectivity index (χ0v) is 16.1. The van der Waals surface area contributed by atoms with Crippen molar-refractivity contribution in [3.8, 4) is 5.69 Å². The second kappa shape index (κ2) is 7.23. The van der Waals surface area contributed by atoms with Crippen LogP contribution in [0, 0.1) is 0 Å². The van der Waals surface area contributed by atoms with Gasteiger partial charge in [0.1, 0.15) is 7.37 Å². The number of aromatic nitrogens is 2. The molecule has 0 aliphatic rings. The van der Waals surface area contributed by atoms with Gasteiger partial charge in [0.25, 0.3) is 0 Å². The molecule has 0 aliphatic carbocycles. The van der Waals surface area contributed by atoms with Crippen LogP contribution < -0.4 is 72.9 Å². The molecule has 106 valence electrons. The molecule has 5 nitrogen and oxygen atoms in total. The Morgan fingerprint density at radius 1 is 1.05 bits per heavy atom. The van der Waals surface area contributed by atoms with E-state index in [1.54, 1.807) is 65.4 Å². The number of anilines is 1. The Balaban J connectivity index is 0.00000176. The third-order valence-electron chi connectivity index (χ3n) is 3.15. The minimum absolute atomic E-state index is 0. The van der Waals surface area contributed by atoms with Crippen molar-refractivity contribution in [2.45, 2.75) is 0 Å². The normalized spacial score (nSPS) is 13.1. The number of nitrogens with two attached hydrogens (primary N) is 1. The Hall–Kier alpha value is -0.724. The van der Waals surface area contributed by atoms with E-state index in [-0.39, 0.29) is 62.3 Å². The summed E-state index contributed by atoms with van der Waals surface area (Å²) in [6.45, 7) is 0. The van der Waals surface area contributed by atoms with Crippen LogP contribution in [0.5, 0.6) is 0 Å². The van der Waals surface area contributed by atoms with Crippen LogP contribution >= 0.6 is 7.37 Å². The van der Waals surface area contributed by atoms with Crippen LogP contribution in [-0.4, -0.2) is 9.55 Å². The number of hydrogen-bond acceptors (Lipinski definition) is 4. The van der Waals surface area contributed by atoms with Crippen LogP contribution in [0.2, 0.25) is 0 Å². The monoisotopic (exact) mass is 337 g/mol. The van der Waals surface area contributed by atoms with Crippen LogP contribution in [0.4, 0.5) is 5.69 Å².